The summed E-state index contributed by atoms with van der Waals surface area (Å²) in [5.41, 5.74) is 1.98. The molecular formula is C11H12Cl2O3. The van der Waals surface area contributed by atoms with Gasteiger partial charge in [-0.3, -0.25) is 0 Å². The number of rotatable bonds is 5. The molecule has 88 valence electrons. The van der Waals surface area contributed by atoms with Crippen LogP contribution in [0.2, 0.25) is 0 Å². The van der Waals surface area contributed by atoms with Gasteiger partial charge >= 0.3 is 0 Å². The fourth-order valence-electron chi connectivity index (χ4n) is 1.11. The number of halogens is 2. The molecule has 16 heavy (non-hydrogen) atoms. The molecule has 0 unspecified atom stereocenters. The molecule has 0 aromatic heterocycles. The summed E-state index contributed by atoms with van der Waals surface area (Å²) in [6, 6.07) is 5.17. The van der Waals surface area contributed by atoms with Crippen LogP contribution < -0.4 is 9.47 Å². The minimum atomic E-state index is -0.0561. The summed E-state index contributed by atoms with van der Waals surface area (Å²) >= 11 is 11.1. The Morgan fingerprint density at radius 1 is 1.44 bits per heavy atom. The Morgan fingerprint density at radius 3 is 2.75 bits per heavy atom. The highest BCUT2D eigenvalue weighted by Gasteiger charge is 2.06. The van der Waals surface area contributed by atoms with Crippen molar-refractivity contribution in [2.45, 2.75) is 6.61 Å². The minimum Gasteiger partial charge on any atom is -0.493 e. The SMILES string of the molecule is COc1ccc(CO)cc1OCC(Cl)=CCl. The number of ether oxygens (including phenoxy) is 2. The second-order valence-electron chi connectivity index (χ2n) is 2.99. The zero-order valence-electron chi connectivity index (χ0n) is 8.74. The van der Waals surface area contributed by atoms with E-state index in [1.807, 2.05) is 0 Å². The van der Waals surface area contributed by atoms with Crippen molar-refractivity contribution in [2.75, 3.05) is 13.7 Å². The van der Waals surface area contributed by atoms with Gasteiger partial charge in [0.25, 0.3) is 0 Å². The number of hydrogen-bond acceptors (Lipinski definition) is 3. The predicted octanol–water partition coefficient (Wildman–Crippen LogP) is 2.89. The fraction of sp³-hybridized carbons (Fsp3) is 0.273. The number of hydrogen-bond donors (Lipinski definition) is 1. The van der Waals surface area contributed by atoms with E-state index in [4.69, 9.17) is 37.8 Å². The zero-order valence-corrected chi connectivity index (χ0v) is 10.3. The lowest BCUT2D eigenvalue weighted by Crippen LogP contribution is -2.00. The Labute approximate surface area is 104 Å². The first-order chi connectivity index (χ1) is 7.71. The van der Waals surface area contributed by atoms with Gasteiger partial charge in [-0.05, 0) is 17.7 Å². The average molecular weight is 263 g/mol. The molecule has 1 rings (SSSR count). The normalized spacial score (nSPS) is 11.4. The smallest absolute Gasteiger partial charge is 0.162 e. The van der Waals surface area contributed by atoms with Crippen molar-refractivity contribution in [3.05, 3.63) is 34.3 Å². The van der Waals surface area contributed by atoms with Gasteiger partial charge in [0, 0.05) is 5.54 Å². The Balaban J connectivity index is 2.83. The lowest BCUT2D eigenvalue weighted by Gasteiger charge is -2.11. The Morgan fingerprint density at radius 2 is 2.19 bits per heavy atom. The molecule has 0 spiro atoms. The van der Waals surface area contributed by atoms with Crippen molar-refractivity contribution in [1.29, 1.82) is 0 Å². The molecule has 0 fully saturated rings. The van der Waals surface area contributed by atoms with Gasteiger partial charge in [-0.25, -0.2) is 0 Å². The van der Waals surface area contributed by atoms with Crippen molar-refractivity contribution in [3.63, 3.8) is 0 Å². The van der Waals surface area contributed by atoms with Gasteiger partial charge in [0.15, 0.2) is 11.5 Å². The van der Waals surface area contributed by atoms with Crippen molar-refractivity contribution in [1.82, 2.24) is 0 Å². The molecule has 0 saturated carbocycles. The van der Waals surface area contributed by atoms with Crippen molar-refractivity contribution in [3.8, 4) is 11.5 Å². The van der Waals surface area contributed by atoms with E-state index in [9.17, 15) is 0 Å². The Bertz CT molecular complexity index is 377. The third kappa shape index (κ3) is 3.59. The van der Waals surface area contributed by atoms with Gasteiger partial charge in [-0.2, -0.15) is 0 Å². The van der Waals surface area contributed by atoms with Crippen LogP contribution in [-0.2, 0) is 6.61 Å². The first-order valence-corrected chi connectivity index (χ1v) is 5.38. The molecule has 5 heteroatoms. The summed E-state index contributed by atoms with van der Waals surface area (Å²) in [5, 5.41) is 9.38. The van der Waals surface area contributed by atoms with E-state index < -0.39 is 0 Å². The zero-order chi connectivity index (χ0) is 12.0. The third-order valence-corrected chi connectivity index (χ3v) is 2.49. The largest absolute Gasteiger partial charge is 0.493 e. The third-order valence-electron chi connectivity index (χ3n) is 1.89. The monoisotopic (exact) mass is 262 g/mol. The van der Waals surface area contributed by atoms with Crippen molar-refractivity contribution >= 4 is 23.2 Å². The molecule has 1 aromatic rings. The van der Waals surface area contributed by atoms with Gasteiger partial charge in [-0.15, -0.1) is 0 Å². The summed E-state index contributed by atoms with van der Waals surface area (Å²) in [4.78, 5) is 0. The van der Waals surface area contributed by atoms with Crippen molar-refractivity contribution in [2.24, 2.45) is 0 Å². The molecule has 0 aliphatic rings. The van der Waals surface area contributed by atoms with Gasteiger partial charge in [0.2, 0.25) is 0 Å². The van der Waals surface area contributed by atoms with E-state index in [2.05, 4.69) is 0 Å². The summed E-state index contributed by atoms with van der Waals surface area (Å²) in [7, 11) is 1.54. The first kappa shape index (κ1) is 13.2. The van der Waals surface area contributed by atoms with E-state index in [1.165, 1.54) is 5.54 Å². The maximum atomic E-state index is 8.99. The van der Waals surface area contributed by atoms with E-state index in [0.29, 0.717) is 16.5 Å². The topological polar surface area (TPSA) is 38.7 Å². The number of aliphatic hydroxyl groups excluding tert-OH is 1. The summed E-state index contributed by atoms with van der Waals surface area (Å²) < 4.78 is 10.5. The lowest BCUT2D eigenvalue weighted by molar-refractivity contribution is 0.279. The first-order valence-electron chi connectivity index (χ1n) is 4.56. The average Bonchev–Trinajstić information content (AvgIpc) is 2.35. The van der Waals surface area contributed by atoms with Gasteiger partial charge in [-0.1, -0.05) is 29.3 Å². The number of aliphatic hydroxyl groups is 1. The molecule has 0 amide bonds. The summed E-state index contributed by atoms with van der Waals surface area (Å²) in [6.45, 7) is 0.107. The van der Waals surface area contributed by atoms with Crippen LogP contribution in [0.3, 0.4) is 0 Å². The molecule has 3 nitrogen and oxygen atoms in total. The van der Waals surface area contributed by atoms with Crippen LogP contribution in [0.4, 0.5) is 0 Å². The van der Waals surface area contributed by atoms with Crippen LogP contribution in [0.15, 0.2) is 28.8 Å². The van der Waals surface area contributed by atoms with E-state index >= 15 is 0 Å². The maximum Gasteiger partial charge on any atom is 0.162 e. The number of benzene rings is 1. The lowest BCUT2D eigenvalue weighted by atomic mass is 10.2. The molecule has 1 aromatic carbocycles. The minimum absolute atomic E-state index is 0.0561. The van der Waals surface area contributed by atoms with Crippen LogP contribution in [0.25, 0.3) is 0 Å². The highest BCUT2D eigenvalue weighted by Crippen LogP contribution is 2.28. The molecular weight excluding hydrogens is 251 g/mol. The van der Waals surface area contributed by atoms with Gasteiger partial charge in [0.1, 0.15) is 6.61 Å². The maximum absolute atomic E-state index is 8.99. The van der Waals surface area contributed by atoms with Crippen LogP contribution in [0.5, 0.6) is 11.5 Å². The van der Waals surface area contributed by atoms with E-state index in [0.717, 1.165) is 5.56 Å². The Kier molecular flexibility index (Phi) is 5.46. The Hall–Kier alpha value is -0.900. The van der Waals surface area contributed by atoms with Crippen LogP contribution >= 0.6 is 23.2 Å². The van der Waals surface area contributed by atoms with Gasteiger partial charge in [0.05, 0.1) is 18.7 Å². The molecule has 0 atom stereocenters. The number of methoxy groups -OCH3 is 1. The van der Waals surface area contributed by atoms with Crippen LogP contribution in [-0.4, -0.2) is 18.8 Å². The van der Waals surface area contributed by atoms with Crippen molar-refractivity contribution < 1.29 is 14.6 Å². The molecule has 0 radical (unpaired) electrons. The van der Waals surface area contributed by atoms with Crippen LogP contribution in [0.1, 0.15) is 5.56 Å². The predicted molar refractivity (Wildman–Crippen MR) is 64.2 cm³/mol. The molecule has 0 bridgehead atoms. The van der Waals surface area contributed by atoms with E-state index in [1.54, 1.807) is 25.3 Å². The molecule has 0 aliphatic heterocycles. The van der Waals surface area contributed by atoms with Crippen LogP contribution in [0, 0.1) is 0 Å². The fourth-order valence-corrected chi connectivity index (χ4v) is 1.23. The molecule has 0 heterocycles. The second kappa shape index (κ2) is 6.63. The summed E-state index contributed by atoms with van der Waals surface area (Å²) in [5.74, 6) is 1.10. The molecule has 1 N–H and O–H groups in total. The summed E-state index contributed by atoms with van der Waals surface area (Å²) in [6.07, 6.45) is 0. The standard InChI is InChI=1S/C11H12Cl2O3/c1-15-10-3-2-8(6-14)4-11(10)16-7-9(13)5-12/h2-5,14H,6-7H2,1H3. The second-order valence-corrected chi connectivity index (χ2v) is 3.69. The molecule has 0 saturated heterocycles. The van der Waals surface area contributed by atoms with E-state index in [-0.39, 0.29) is 13.2 Å². The highest BCUT2D eigenvalue weighted by atomic mass is 35.5. The molecule has 0 aliphatic carbocycles. The van der Waals surface area contributed by atoms with Gasteiger partial charge < -0.3 is 14.6 Å². The highest BCUT2D eigenvalue weighted by molar-refractivity contribution is 6.36. The quantitative estimate of drug-likeness (QED) is 0.887.